The second kappa shape index (κ2) is 80.0. The van der Waals surface area contributed by atoms with E-state index in [0.717, 1.165) is 84.6 Å². The normalized spacial score (nSPS) is 12.6. The zero-order chi connectivity index (χ0) is 101. The van der Waals surface area contributed by atoms with E-state index in [4.69, 9.17) is 66.3 Å². The third kappa shape index (κ3) is 119. The van der Waals surface area contributed by atoms with Gasteiger partial charge in [0.25, 0.3) is 0 Å². The minimum absolute atomic E-state index is 0.128. The van der Waals surface area contributed by atoms with Gasteiger partial charge < -0.3 is 114 Å². The van der Waals surface area contributed by atoms with Crippen LogP contribution in [0.1, 0.15) is 294 Å². The molecule has 0 aromatic rings. The summed E-state index contributed by atoms with van der Waals surface area (Å²) in [5.74, 6) is 1.42. The number of ketones is 6. The van der Waals surface area contributed by atoms with Gasteiger partial charge in [0, 0.05) is 131 Å². The van der Waals surface area contributed by atoms with E-state index >= 15 is 0 Å². The summed E-state index contributed by atoms with van der Waals surface area (Å²) in [4.78, 5) is 69.9. The molecule has 0 radical (unpaired) electrons. The van der Waals surface area contributed by atoms with Crippen LogP contribution < -0.4 is 47.9 Å². The molecule has 0 fully saturated rings. The van der Waals surface area contributed by atoms with Gasteiger partial charge in [-0.25, -0.2) is 0 Å². The first kappa shape index (κ1) is 138. The Bertz CT molecular complexity index is 2650. The molecule has 0 bridgehead atoms. The molecule has 0 amide bonds. The summed E-state index contributed by atoms with van der Waals surface area (Å²) < 4.78 is 76.1. The molecule has 130 heavy (non-hydrogen) atoms. The van der Waals surface area contributed by atoms with Gasteiger partial charge in [0.1, 0.15) is 17.3 Å². The molecule has 29 heteroatoms. The number of Topliss-reactive ketones (excluding diaryl/α,β-unsaturated/α-hetero) is 6. The monoisotopic (exact) mass is 1870 g/mol. The number of hydrogen-bond acceptors (Lipinski definition) is 29. The Balaban J connectivity index is -0.000000357. The van der Waals surface area contributed by atoms with E-state index in [1.807, 2.05) is 125 Å². The van der Waals surface area contributed by atoms with Crippen molar-refractivity contribution in [1.29, 1.82) is 0 Å². The van der Waals surface area contributed by atoms with Crippen LogP contribution in [0, 0.1) is 32.5 Å². The number of rotatable bonds is 70. The van der Waals surface area contributed by atoms with E-state index in [1.165, 1.54) is 0 Å². The van der Waals surface area contributed by atoms with E-state index in [9.17, 15) is 28.8 Å². The standard InChI is InChI=1S/C20H42N2O4.C19H39NO5.C17H35NO4.C16H34N2O3.C15H31NO3.C14H30N2O/c1-19(2,3)18(23)17-21-9-7-11-24-13-15-26-16-14-25-12-8-10-22-20(4,5)6;1-18(2,3)17(21)7-9-22-11-13-24-15-16-25-14-12-23-10-8-20-19(4,5)6;1-16(2,3)15(19)7-9-20-11-13-22-14-12-21-10-8-18-17(4,5)6;1-15(2,3)14(19)13-17-7-9-20-11-12-21-10-8-18-16(4,5)6;1-14(2,3)13(17)7-9-18-11-12-19-10-8-16-15(4,5)6;1-13(2,3)12(17)11-15-9-7-8-10-16-14(4,5)6/h21-22H,7-17H2,1-6H3;20H,7-16H2,1-6H3;18H,7-14H2,1-6H3;17-18H,7-13H2,1-6H3;16H,7-12H2,1-6H3;15-16H,7-11H2,1-6H3. The molecule has 0 heterocycles. The molecule has 0 aromatic heterocycles. The predicted molar refractivity (Wildman–Crippen MR) is 536 cm³/mol. The van der Waals surface area contributed by atoms with Gasteiger partial charge in [0.05, 0.1) is 191 Å². The van der Waals surface area contributed by atoms with Crippen molar-refractivity contribution in [3.8, 4) is 0 Å². The average molecular weight is 1870 g/mol. The molecule has 0 aromatic carbocycles. The van der Waals surface area contributed by atoms with Crippen molar-refractivity contribution in [3.63, 3.8) is 0 Å². The Kier molecular flexibility index (Phi) is 84.8. The third-order valence-electron chi connectivity index (χ3n) is 17.9. The number of carbonyl (C=O) groups is 6. The first-order valence-electron chi connectivity index (χ1n) is 48.7. The Labute approximate surface area is 797 Å². The van der Waals surface area contributed by atoms with E-state index in [2.05, 4.69) is 172 Å². The lowest BCUT2D eigenvalue weighted by Crippen LogP contribution is -2.38. The number of hydrogen-bond donors (Lipinski definition) is 9. The zero-order valence-electron chi connectivity index (χ0n) is 90.9. The summed E-state index contributed by atoms with van der Waals surface area (Å²) in [6, 6.07) is 0. The molecule has 0 saturated carbocycles. The van der Waals surface area contributed by atoms with Crippen LogP contribution in [0.3, 0.4) is 0 Å². The lowest BCUT2D eigenvalue weighted by molar-refractivity contribution is -0.128. The molecular weight excluding hydrogens is 1660 g/mol. The largest absolute Gasteiger partial charge is 0.379 e. The Morgan fingerprint density at radius 2 is 0.300 bits per heavy atom. The number of nitrogens with one attached hydrogen (secondary N) is 9. The van der Waals surface area contributed by atoms with Gasteiger partial charge in [-0.15, -0.1) is 0 Å². The van der Waals surface area contributed by atoms with Gasteiger partial charge in [0.15, 0.2) is 17.3 Å². The van der Waals surface area contributed by atoms with Gasteiger partial charge >= 0.3 is 0 Å². The number of unbranched alkanes of at least 4 members (excludes halogenated alkanes) is 1. The quantitative estimate of drug-likeness (QED) is 0.0255. The van der Waals surface area contributed by atoms with Crippen LogP contribution in [0.2, 0.25) is 0 Å². The predicted octanol–water partition coefficient (Wildman–Crippen LogP) is 13.7. The van der Waals surface area contributed by atoms with E-state index < -0.39 is 0 Å². The first-order chi connectivity index (χ1) is 59.8. The minimum atomic E-state index is -0.288. The minimum Gasteiger partial charge on any atom is -0.379 e. The summed E-state index contributed by atoms with van der Waals surface area (Å²) in [5, 5.41) is 29.8. The van der Waals surface area contributed by atoms with Crippen molar-refractivity contribution < 1.29 is 95.1 Å². The van der Waals surface area contributed by atoms with Crippen LogP contribution in [0.5, 0.6) is 0 Å². The fraction of sp³-hybridized carbons (Fsp3) is 0.941. The Morgan fingerprint density at radius 3 is 0.508 bits per heavy atom. The lowest BCUT2D eigenvalue weighted by atomic mass is 9.89. The fourth-order valence-corrected chi connectivity index (χ4v) is 9.42. The molecule has 9 N–H and O–H groups in total. The summed E-state index contributed by atoms with van der Waals surface area (Å²) in [6.45, 7) is 98.9. The maximum Gasteiger partial charge on any atom is 0.151 e. The molecule has 0 aliphatic rings. The van der Waals surface area contributed by atoms with Crippen molar-refractivity contribution in [3.05, 3.63) is 0 Å². The fourth-order valence-electron chi connectivity index (χ4n) is 9.42. The van der Waals surface area contributed by atoms with Gasteiger partial charge in [-0.2, -0.15) is 0 Å². The zero-order valence-corrected chi connectivity index (χ0v) is 90.9. The average Bonchev–Trinajstić information content (AvgIpc) is 0.937. The number of ether oxygens (including phenoxy) is 14. The van der Waals surface area contributed by atoms with Crippen LogP contribution in [0.4, 0.5) is 0 Å². The molecule has 0 spiro atoms. The summed E-state index contributed by atoms with van der Waals surface area (Å²) in [5.41, 5.74) is -0.699. The number of carbonyl (C=O) groups excluding carboxylic acids is 6. The van der Waals surface area contributed by atoms with Crippen LogP contribution in [-0.4, -0.2) is 331 Å². The maximum atomic E-state index is 11.7. The van der Waals surface area contributed by atoms with Gasteiger partial charge in [-0.1, -0.05) is 125 Å². The van der Waals surface area contributed by atoms with Crippen LogP contribution in [0.15, 0.2) is 0 Å². The summed E-state index contributed by atoms with van der Waals surface area (Å²) in [7, 11) is 0. The highest BCUT2D eigenvalue weighted by molar-refractivity contribution is 5.87. The van der Waals surface area contributed by atoms with E-state index in [-0.39, 0.29) is 100 Å². The lowest BCUT2D eigenvalue weighted by Gasteiger charge is -2.20. The first-order valence-corrected chi connectivity index (χ1v) is 48.7. The van der Waals surface area contributed by atoms with Crippen molar-refractivity contribution in [2.75, 3.05) is 264 Å². The molecule has 0 unspecified atom stereocenters. The van der Waals surface area contributed by atoms with Crippen molar-refractivity contribution >= 4 is 34.7 Å². The smallest absolute Gasteiger partial charge is 0.151 e. The molecule has 0 aliphatic heterocycles. The molecule has 0 saturated heterocycles. The highest BCUT2D eigenvalue weighted by atomic mass is 16.6. The SMILES string of the molecule is CC(C)(C)NCCCCNCC(=O)C(C)(C)C.CC(C)(C)NCCCOCCOCCOCCCNCC(=O)C(C)(C)C.CC(C)(C)NCCOCCOCCC(=O)C(C)(C)C.CC(C)(C)NCCOCCOCCNCC(=O)C(C)(C)C.CC(C)(C)NCCOCCOCCOCCC(=O)C(C)(C)C.CC(C)(C)NCCOCCOCCOCCOCCC(=O)C(C)(C)C. The van der Waals surface area contributed by atoms with Gasteiger partial charge in [-0.3, -0.25) is 28.8 Å². The Morgan fingerprint density at radius 1 is 0.154 bits per heavy atom. The third-order valence-corrected chi connectivity index (χ3v) is 17.9. The second-order valence-electron chi connectivity index (χ2n) is 44.9. The highest BCUT2D eigenvalue weighted by Crippen LogP contribution is 2.20. The highest BCUT2D eigenvalue weighted by Gasteiger charge is 2.26. The van der Waals surface area contributed by atoms with Crippen LogP contribution in [-0.2, 0) is 95.1 Å². The van der Waals surface area contributed by atoms with E-state index in [0.29, 0.717) is 224 Å². The molecule has 0 aliphatic carbocycles. The van der Waals surface area contributed by atoms with Crippen molar-refractivity contribution in [2.45, 2.75) is 327 Å². The molecule has 780 valence electrons. The van der Waals surface area contributed by atoms with Gasteiger partial charge in [0.2, 0.25) is 0 Å². The summed E-state index contributed by atoms with van der Waals surface area (Å²) in [6.07, 6.45) is 5.56. The summed E-state index contributed by atoms with van der Waals surface area (Å²) >= 11 is 0. The molecule has 0 atom stereocenters. The maximum absolute atomic E-state index is 11.7. The van der Waals surface area contributed by atoms with Crippen LogP contribution in [0.25, 0.3) is 0 Å². The molecule has 0 rings (SSSR count). The van der Waals surface area contributed by atoms with Gasteiger partial charge in [-0.05, 0) is 176 Å². The van der Waals surface area contributed by atoms with Crippen LogP contribution >= 0.6 is 0 Å². The second-order valence-corrected chi connectivity index (χ2v) is 44.9. The molecule has 29 nitrogen and oxygen atoms in total. The molecular formula is C101H211N9O20. The van der Waals surface area contributed by atoms with Crippen molar-refractivity contribution in [2.24, 2.45) is 32.5 Å². The van der Waals surface area contributed by atoms with Crippen molar-refractivity contribution in [1.82, 2.24) is 47.9 Å². The Hall–Kier alpha value is -2.90. The van der Waals surface area contributed by atoms with E-state index in [1.54, 1.807) is 0 Å². The topological polar surface area (TPSA) is 340 Å².